The number of hydrogen-bond acceptors (Lipinski definition) is 5. The summed E-state index contributed by atoms with van der Waals surface area (Å²) in [6.07, 6.45) is 2.63. The van der Waals surface area contributed by atoms with Crippen molar-refractivity contribution in [3.63, 3.8) is 0 Å². The quantitative estimate of drug-likeness (QED) is 0.417. The van der Waals surface area contributed by atoms with Crippen molar-refractivity contribution in [2.75, 3.05) is 12.0 Å². The van der Waals surface area contributed by atoms with Crippen LogP contribution in [0.25, 0.3) is 6.08 Å². The van der Waals surface area contributed by atoms with E-state index < -0.39 is 0 Å². The molecule has 1 saturated heterocycles. The van der Waals surface area contributed by atoms with Gasteiger partial charge in [0.1, 0.15) is 0 Å². The zero-order chi connectivity index (χ0) is 20.3. The zero-order valence-electron chi connectivity index (χ0n) is 15.8. The summed E-state index contributed by atoms with van der Waals surface area (Å²) < 4.78 is 11.8. The first kappa shape index (κ1) is 20.7. The molecule has 0 radical (unpaired) electrons. The maximum atomic E-state index is 12.9. The Kier molecular flexibility index (Phi) is 6.65. The Morgan fingerprint density at radius 3 is 2.64 bits per heavy atom. The largest absolute Gasteiger partial charge is 0.493 e. The summed E-state index contributed by atoms with van der Waals surface area (Å²) in [7, 11) is 1.56. The van der Waals surface area contributed by atoms with Crippen LogP contribution in [0.4, 0.5) is 5.69 Å². The molecule has 2 aromatic rings. The third kappa shape index (κ3) is 4.35. The molecule has 1 fully saturated rings. The van der Waals surface area contributed by atoms with Crippen molar-refractivity contribution in [3.05, 3.63) is 58.0 Å². The topological polar surface area (TPSA) is 38.8 Å². The number of carbonyl (C=O) groups is 1. The summed E-state index contributed by atoms with van der Waals surface area (Å²) in [4.78, 5) is 14.9. The van der Waals surface area contributed by atoms with Gasteiger partial charge in [0.15, 0.2) is 15.8 Å². The number of nitrogens with zero attached hydrogens (tertiary/aromatic N) is 1. The van der Waals surface area contributed by atoms with Crippen LogP contribution in [0.1, 0.15) is 25.8 Å². The fourth-order valence-corrected chi connectivity index (χ4v) is 4.20. The number of amides is 1. The maximum absolute atomic E-state index is 12.9. The Hall–Kier alpha value is -2.02. The molecular formula is C21H20ClNO3S2. The van der Waals surface area contributed by atoms with E-state index in [1.807, 2.05) is 44.2 Å². The minimum absolute atomic E-state index is 0.0133. The number of carbonyl (C=O) groups excluding carboxylic acids is 1. The van der Waals surface area contributed by atoms with Crippen LogP contribution in [0.2, 0.25) is 5.02 Å². The summed E-state index contributed by atoms with van der Waals surface area (Å²) >= 11 is 13.1. The highest BCUT2D eigenvalue weighted by molar-refractivity contribution is 8.27. The van der Waals surface area contributed by atoms with Gasteiger partial charge in [-0.15, -0.1) is 0 Å². The third-order valence-corrected chi connectivity index (χ3v) is 5.83. The summed E-state index contributed by atoms with van der Waals surface area (Å²) in [5.74, 6) is 0.876. The number of rotatable bonds is 6. The number of ether oxygens (including phenoxy) is 2. The third-order valence-electron chi connectivity index (χ3n) is 4.25. The Morgan fingerprint density at radius 2 is 2.00 bits per heavy atom. The van der Waals surface area contributed by atoms with Gasteiger partial charge < -0.3 is 9.47 Å². The number of thiocarbonyl (C=S) groups is 1. The lowest BCUT2D eigenvalue weighted by molar-refractivity contribution is -0.113. The zero-order valence-corrected chi connectivity index (χ0v) is 18.2. The SMILES string of the molecule is CC[C@@H](C)Oc1c(Cl)cc(/C=C2/SC(=S)N(c3ccccc3)C2=O)cc1OC. The lowest BCUT2D eigenvalue weighted by Crippen LogP contribution is -2.27. The van der Waals surface area contributed by atoms with Gasteiger partial charge in [-0.25, -0.2) is 0 Å². The molecule has 0 N–H and O–H groups in total. The number of anilines is 1. The normalized spacial score (nSPS) is 16.6. The molecule has 0 bridgehead atoms. The van der Waals surface area contributed by atoms with Gasteiger partial charge in [-0.1, -0.05) is 60.7 Å². The van der Waals surface area contributed by atoms with Crippen LogP contribution in [-0.2, 0) is 4.79 Å². The van der Waals surface area contributed by atoms with Crippen molar-refractivity contribution in [1.29, 1.82) is 0 Å². The van der Waals surface area contributed by atoms with E-state index >= 15 is 0 Å². The number of hydrogen-bond donors (Lipinski definition) is 0. The van der Waals surface area contributed by atoms with E-state index in [1.165, 1.54) is 16.7 Å². The Bertz CT molecular complexity index is 931. The van der Waals surface area contributed by atoms with Crippen LogP contribution in [0.5, 0.6) is 11.5 Å². The Labute approximate surface area is 179 Å². The standard InChI is InChI=1S/C21H20ClNO3S2/c1-4-13(2)26-19-16(22)10-14(11-17(19)25-3)12-18-20(24)23(21(27)28-18)15-8-6-5-7-9-15/h5-13H,4H2,1-3H3/b18-12+/t13-/m1/s1. The lowest BCUT2D eigenvalue weighted by Gasteiger charge is -2.17. The first-order valence-corrected chi connectivity index (χ1v) is 10.4. The van der Waals surface area contributed by atoms with Crippen molar-refractivity contribution in [3.8, 4) is 11.5 Å². The number of para-hydroxylation sites is 1. The van der Waals surface area contributed by atoms with Crippen molar-refractivity contribution >= 4 is 57.6 Å². The van der Waals surface area contributed by atoms with Gasteiger partial charge in [0.05, 0.1) is 28.8 Å². The fourth-order valence-electron chi connectivity index (χ4n) is 2.64. The average Bonchev–Trinajstić information content (AvgIpc) is 2.97. The van der Waals surface area contributed by atoms with E-state index in [9.17, 15) is 4.79 Å². The summed E-state index contributed by atoms with van der Waals surface area (Å²) in [5, 5.41) is 0.435. The molecule has 1 amide bonds. The fraction of sp³-hybridized carbons (Fsp3) is 0.238. The molecule has 28 heavy (non-hydrogen) atoms. The molecule has 4 nitrogen and oxygen atoms in total. The molecule has 1 atom stereocenters. The van der Waals surface area contributed by atoms with Gasteiger partial charge in [-0.05, 0) is 49.2 Å². The van der Waals surface area contributed by atoms with Crippen LogP contribution in [0.3, 0.4) is 0 Å². The van der Waals surface area contributed by atoms with Gasteiger partial charge in [0.25, 0.3) is 5.91 Å². The Balaban J connectivity index is 1.92. The predicted octanol–water partition coefficient (Wildman–Crippen LogP) is 5.93. The molecule has 0 unspecified atom stereocenters. The number of methoxy groups -OCH3 is 1. The number of halogens is 1. The molecule has 2 aromatic carbocycles. The highest BCUT2D eigenvalue weighted by Crippen LogP contribution is 2.40. The second-order valence-corrected chi connectivity index (χ2v) is 8.31. The molecular weight excluding hydrogens is 414 g/mol. The van der Waals surface area contributed by atoms with Gasteiger partial charge in [-0.3, -0.25) is 9.69 Å². The van der Waals surface area contributed by atoms with Gasteiger partial charge in [0, 0.05) is 0 Å². The minimum atomic E-state index is -0.156. The predicted molar refractivity (Wildman–Crippen MR) is 120 cm³/mol. The Morgan fingerprint density at radius 1 is 1.29 bits per heavy atom. The highest BCUT2D eigenvalue weighted by atomic mass is 35.5. The first-order valence-electron chi connectivity index (χ1n) is 8.81. The van der Waals surface area contributed by atoms with E-state index in [0.29, 0.717) is 25.7 Å². The molecule has 0 saturated carbocycles. The second kappa shape index (κ2) is 8.99. The maximum Gasteiger partial charge on any atom is 0.270 e. The molecule has 3 rings (SSSR count). The number of thioether (sulfide) groups is 1. The van der Waals surface area contributed by atoms with Crippen molar-refractivity contribution in [1.82, 2.24) is 0 Å². The molecule has 0 aliphatic carbocycles. The first-order chi connectivity index (χ1) is 13.4. The second-order valence-electron chi connectivity index (χ2n) is 6.22. The highest BCUT2D eigenvalue weighted by Gasteiger charge is 2.33. The lowest BCUT2D eigenvalue weighted by atomic mass is 10.1. The van der Waals surface area contributed by atoms with Crippen LogP contribution >= 0.6 is 35.6 Å². The molecule has 1 aliphatic heterocycles. The van der Waals surface area contributed by atoms with E-state index in [2.05, 4.69) is 0 Å². The molecule has 1 heterocycles. The van der Waals surface area contributed by atoms with E-state index in [-0.39, 0.29) is 12.0 Å². The van der Waals surface area contributed by atoms with Crippen LogP contribution in [-0.4, -0.2) is 23.4 Å². The van der Waals surface area contributed by atoms with Gasteiger partial charge in [-0.2, -0.15) is 0 Å². The van der Waals surface area contributed by atoms with Crippen molar-refractivity contribution in [2.45, 2.75) is 26.4 Å². The molecule has 0 spiro atoms. The molecule has 146 valence electrons. The van der Waals surface area contributed by atoms with E-state index in [1.54, 1.807) is 25.3 Å². The van der Waals surface area contributed by atoms with E-state index in [4.69, 9.17) is 33.3 Å². The van der Waals surface area contributed by atoms with Crippen LogP contribution < -0.4 is 14.4 Å². The molecule has 7 heteroatoms. The van der Waals surface area contributed by atoms with Crippen LogP contribution in [0.15, 0.2) is 47.4 Å². The summed E-state index contributed by atoms with van der Waals surface area (Å²) in [6.45, 7) is 4.01. The minimum Gasteiger partial charge on any atom is -0.493 e. The van der Waals surface area contributed by atoms with Gasteiger partial charge >= 0.3 is 0 Å². The van der Waals surface area contributed by atoms with Crippen molar-refractivity contribution in [2.24, 2.45) is 0 Å². The molecule has 0 aromatic heterocycles. The van der Waals surface area contributed by atoms with Gasteiger partial charge in [0.2, 0.25) is 0 Å². The summed E-state index contributed by atoms with van der Waals surface area (Å²) in [6, 6.07) is 12.9. The monoisotopic (exact) mass is 433 g/mol. The number of benzene rings is 2. The smallest absolute Gasteiger partial charge is 0.270 e. The van der Waals surface area contributed by atoms with Crippen LogP contribution in [0, 0.1) is 0 Å². The van der Waals surface area contributed by atoms with Crippen molar-refractivity contribution < 1.29 is 14.3 Å². The summed E-state index contributed by atoms with van der Waals surface area (Å²) in [5.41, 5.74) is 1.49. The van der Waals surface area contributed by atoms with E-state index in [0.717, 1.165) is 17.7 Å². The molecule has 1 aliphatic rings. The average molecular weight is 434 g/mol.